The Morgan fingerprint density at radius 1 is 1.03 bits per heavy atom. The second-order valence-corrected chi connectivity index (χ2v) is 9.08. The van der Waals surface area contributed by atoms with Gasteiger partial charge < -0.3 is 19.5 Å². The molecule has 2 aromatic rings. The molecular formula is C22H28N2O6S. The molecular weight excluding hydrogens is 420 g/mol. The molecule has 1 fully saturated rings. The van der Waals surface area contributed by atoms with Crippen LogP contribution in [0.1, 0.15) is 19.8 Å². The van der Waals surface area contributed by atoms with Gasteiger partial charge in [0.1, 0.15) is 17.2 Å². The van der Waals surface area contributed by atoms with Gasteiger partial charge in [0.15, 0.2) is 0 Å². The minimum atomic E-state index is -3.61. The second-order valence-electron chi connectivity index (χ2n) is 7.14. The van der Waals surface area contributed by atoms with Crippen molar-refractivity contribution in [3.63, 3.8) is 0 Å². The number of carbonyl (C=O) groups excluding carboxylic acids is 1. The molecule has 1 saturated heterocycles. The third-order valence-electron chi connectivity index (χ3n) is 5.26. The summed E-state index contributed by atoms with van der Waals surface area (Å²) in [6, 6.07) is 11.6. The van der Waals surface area contributed by atoms with Gasteiger partial charge in [-0.3, -0.25) is 4.79 Å². The fraction of sp³-hybridized carbons (Fsp3) is 0.409. The summed E-state index contributed by atoms with van der Waals surface area (Å²) >= 11 is 0. The molecule has 168 valence electrons. The van der Waals surface area contributed by atoms with Crippen LogP contribution in [-0.2, 0) is 14.8 Å². The van der Waals surface area contributed by atoms with Gasteiger partial charge in [-0.05, 0) is 56.2 Å². The Labute approximate surface area is 183 Å². The third kappa shape index (κ3) is 5.29. The van der Waals surface area contributed by atoms with Gasteiger partial charge in [-0.1, -0.05) is 0 Å². The monoisotopic (exact) mass is 448 g/mol. The lowest BCUT2D eigenvalue weighted by Gasteiger charge is -2.30. The van der Waals surface area contributed by atoms with Crippen molar-refractivity contribution in [3.05, 3.63) is 42.5 Å². The van der Waals surface area contributed by atoms with Crippen molar-refractivity contribution in [2.24, 2.45) is 5.92 Å². The van der Waals surface area contributed by atoms with Crippen LogP contribution in [0.25, 0.3) is 0 Å². The van der Waals surface area contributed by atoms with E-state index >= 15 is 0 Å². The van der Waals surface area contributed by atoms with Crippen LogP contribution in [0.2, 0.25) is 0 Å². The van der Waals surface area contributed by atoms with E-state index in [4.69, 9.17) is 14.2 Å². The molecule has 1 heterocycles. The molecule has 0 radical (unpaired) electrons. The van der Waals surface area contributed by atoms with E-state index in [1.165, 1.54) is 11.4 Å². The Kier molecular flexibility index (Phi) is 7.40. The quantitative estimate of drug-likeness (QED) is 0.667. The summed E-state index contributed by atoms with van der Waals surface area (Å²) < 4.78 is 43.1. The first-order chi connectivity index (χ1) is 14.9. The van der Waals surface area contributed by atoms with E-state index in [2.05, 4.69) is 5.32 Å². The predicted molar refractivity (Wildman–Crippen MR) is 117 cm³/mol. The van der Waals surface area contributed by atoms with Crippen LogP contribution in [0, 0.1) is 5.92 Å². The largest absolute Gasteiger partial charge is 0.497 e. The lowest BCUT2D eigenvalue weighted by molar-refractivity contribution is -0.120. The van der Waals surface area contributed by atoms with Crippen LogP contribution in [0.3, 0.4) is 0 Å². The molecule has 2 aromatic carbocycles. The van der Waals surface area contributed by atoms with Crippen molar-refractivity contribution in [1.29, 1.82) is 0 Å². The first-order valence-corrected chi connectivity index (χ1v) is 11.6. The number of methoxy groups -OCH3 is 2. The number of sulfonamides is 1. The Bertz CT molecular complexity index is 999. The highest BCUT2D eigenvalue weighted by Crippen LogP contribution is 2.31. The molecule has 1 N–H and O–H groups in total. The summed E-state index contributed by atoms with van der Waals surface area (Å²) in [7, 11) is -0.528. The van der Waals surface area contributed by atoms with E-state index in [9.17, 15) is 13.2 Å². The molecule has 31 heavy (non-hydrogen) atoms. The highest BCUT2D eigenvalue weighted by atomic mass is 32.2. The number of nitrogens with one attached hydrogen (secondary N) is 1. The zero-order valence-electron chi connectivity index (χ0n) is 18.0. The topological polar surface area (TPSA) is 94.2 Å². The van der Waals surface area contributed by atoms with Crippen molar-refractivity contribution in [2.75, 3.05) is 39.2 Å². The number of anilines is 1. The molecule has 9 heteroatoms. The molecule has 0 aromatic heterocycles. The molecule has 0 bridgehead atoms. The number of benzene rings is 2. The van der Waals surface area contributed by atoms with Gasteiger partial charge in [0, 0.05) is 25.1 Å². The number of amides is 1. The van der Waals surface area contributed by atoms with Gasteiger partial charge in [0.25, 0.3) is 0 Å². The average Bonchev–Trinajstić information content (AvgIpc) is 2.80. The van der Waals surface area contributed by atoms with Gasteiger partial charge >= 0.3 is 0 Å². The summed E-state index contributed by atoms with van der Waals surface area (Å²) in [5.74, 6) is 1.33. The standard InChI is InChI=1S/C22H28N2O6S/c1-4-30-17-5-8-19(9-6-17)31(26,27)24-13-11-16(12-14-24)22(25)23-20-10-7-18(28-2)15-21(20)29-3/h5-10,15-16H,4,11-14H2,1-3H3,(H,23,25). The summed E-state index contributed by atoms with van der Waals surface area (Å²) in [6.45, 7) is 2.96. The lowest BCUT2D eigenvalue weighted by Crippen LogP contribution is -2.41. The fourth-order valence-corrected chi connectivity index (χ4v) is 4.99. The fourth-order valence-electron chi connectivity index (χ4n) is 3.52. The molecule has 1 aliphatic heterocycles. The first-order valence-electron chi connectivity index (χ1n) is 10.1. The minimum Gasteiger partial charge on any atom is -0.497 e. The zero-order valence-corrected chi connectivity index (χ0v) is 18.8. The maximum absolute atomic E-state index is 12.9. The van der Waals surface area contributed by atoms with E-state index < -0.39 is 10.0 Å². The van der Waals surface area contributed by atoms with Crippen molar-refractivity contribution >= 4 is 21.6 Å². The smallest absolute Gasteiger partial charge is 0.243 e. The maximum atomic E-state index is 12.9. The number of nitrogens with zero attached hydrogens (tertiary/aromatic N) is 1. The molecule has 0 aliphatic carbocycles. The van der Waals surface area contributed by atoms with Crippen LogP contribution >= 0.6 is 0 Å². The lowest BCUT2D eigenvalue weighted by atomic mass is 9.97. The highest BCUT2D eigenvalue weighted by Gasteiger charge is 2.32. The van der Waals surface area contributed by atoms with Crippen LogP contribution in [0.15, 0.2) is 47.4 Å². The van der Waals surface area contributed by atoms with Crippen molar-refractivity contribution in [1.82, 2.24) is 4.31 Å². The van der Waals surface area contributed by atoms with E-state index in [0.29, 0.717) is 42.4 Å². The highest BCUT2D eigenvalue weighted by molar-refractivity contribution is 7.89. The predicted octanol–water partition coefficient (Wildman–Crippen LogP) is 3.14. The second kappa shape index (κ2) is 10.0. The summed E-state index contributed by atoms with van der Waals surface area (Å²) in [6.07, 6.45) is 0.890. The summed E-state index contributed by atoms with van der Waals surface area (Å²) in [5, 5.41) is 2.88. The molecule has 1 aliphatic rings. The number of ether oxygens (including phenoxy) is 3. The molecule has 0 saturated carbocycles. The molecule has 3 rings (SSSR count). The minimum absolute atomic E-state index is 0.151. The van der Waals surface area contributed by atoms with Gasteiger partial charge in [-0.2, -0.15) is 4.31 Å². The number of piperidine rings is 1. The Hall–Kier alpha value is -2.78. The van der Waals surface area contributed by atoms with Crippen LogP contribution in [-0.4, -0.2) is 52.5 Å². The van der Waals surface area contributed by atoms with Crippen molar-refractivity contribution in [3.8, 4) is 17.2 Å². The van der Waals surface area contributed by atoms with E-state index in [-0.39, 0.29) is 29.8 Å². The van der Waals surface area contributed by atoms with Gasteiger partial charge in [0.2, 0.25) is 15.9 Å². The normalized spacial score (nSPS) is 15.3. The van der Waals surface area contributed by atoms with Crippen LogP contribution in [0.5, 0.6) is 17.2 Å². The van der Waals surface area contributed by atoms with Crippen LogP contribution in [0.4, 0.5) is 5.69 Å². The molecule has 0 unspecified atom stereocenters. The first kappa shape index (κ1) is 22.9. The van der Waals surface area contributed by atoms with E-state index in [1.807, 2.05) is 6.92 Å². The third-order valence-corrected chi connectivity index (χ3v) is 7.18. The van der Waals surface area contributed by atoms with Gasteiger partial charge in [0.05, 0.1) is 31.4 Å². The van der Waals surface area contributed by atoms with Gasteiger partial charge in [-0.15, -0.1) is 0 Å². The van der Waals surface area contributed by atoms with E-state index in [1.54, 1.807) is 49.6 Å². The Morgan fingerprint density at radius 3 is 2.26 bits per heavy atom. The number of hydrogen-bond acceptors (Lipinski definition) is 6. The van der Waals surface area contributed by atoms with Crippen molar-refractivity contribution in [2.45, 2.75) is 24.7 Å². The number of rotatable bonds is 8. The van der Waals surface area contributed by atoms with Crippen molar-refractivity contribution < 1.29 is 27.4 Å². The average molecular weight is 449 g/mol. The maximum Gasteiger partial charge on any atom is 0.243 e. The van der Waals surface area contributed by atoms with E-state index in [0.717, 1.165) is 0 Å². The van der Waals surface area contributed by atoms with Gasteiger partial charge in [-0.25, -0.2) is 8.42 Å². The van der Waals surface area contributed by atoms with Crippen LogP contribution < -0.4 is 19.5 Å². The SMILES string of the molecule is CCOc1ccc(S(=O)(=O)N2CCC(C(=O)Nc3ccc(OC)cc3OC)CC2)cc1. The molecule has 8 nitrogen and oxygen atoms in total. The Morgan fingerprint density at radius 2 is 1.68 bits per heavy atom. The number of hydrogen-bond donors (Lipinski definition) is 1. The molecule has 1 amide bonds. The summed E-state index contributed by atoms with van der Waals surface area (Å²) in [4.78, 5) is 13.0. The number of carbonyl (C=O) groups is 1. The zero-order chi connectivity index (χ0) is 22.4. The molecule has 0 atom stereocenters. The summed E-state index contributed by atoms with van der Waals surface area (Å²) in [5.41, 5.74) is 0.553. The molecule has 0 spiro atoms. The Balaban J connectivity index is 1.61.